The van der Waals surface area contributed by atoms with Gasteiger partial charge in [-0.1, -0.05) is 0 Å². The maximum atomic E-state index is 13.9. The summed E-state index contributed by atoms with van der Waals surface area (Å²) in [7, 11) is 0. The second-order valence-corrected chi connectivity index (χ2v) is 5.18. The summed E-state index contributed by atoms with van der Waals surface area (Å²) in [6.07, 6.45) is 3.48. The zero-order valence-electron chi connectivity index (χ0n) is 10.3. The standard InChI is InChI=1S/C13H13F2N3S/c1-8(16)5-9-6-10(14)12(11(15)7-9)19-13-17-3-2-4-18-13/h2-4,6-8H,5,16H2,1H3. The van der Waals surface area contributed by atoms with E-state index >= 15 is 0 Å². The molecular formula is C13H13F2N3S. The molecule has 1 unspecified atom stereocenters. The van der Waals surface area contributed by atoms with Crippen LogP contribution in [0.4, 0.5) is 8.78 Å². The van der Waals surface area contributed by atoms with Crippen molar-refractivity contribution in [3.05, 3.63) is 47.8 Å². The molecule has 2 aromatic rings. The molecule has 0 spiro atoms. The van der Waals surface area contributed by atoms with Gasteiger partial charge >= 0.3 is 0 Å². The predicted molar refractivity (Wildman–Crippen MR) is 69.9 cm³/mol. The Balaban J connectivity index is 2.27. The molecule has 0 saturated carbocycles. The molecule has 0 aliphatic rings. The van der Waals surface area contributed by atoms with Gasteiger partial charge in [-0.15, -0.1) is 0 Å². The molecule has 0 bridgehead atoms. The molecule has 0 radical (unpaired) electrons. The molecule has 1 atom stereocenters. The van der Waals surface area contributed by atoms with Crippen LogP contribution in [-0.4, -0.2) is 16.0 Å². The molecule has 1 aromatic carbocycles. The largest absolute Gasteiger partial charge is 0.328 e. The number of hydrogen-bond acceptors (Lipinski definition) is 4. The summed E-state index contributed by atoms with van der Waals surface area (Å²) in [5.41, 5.74) is 6.16. The van der Waals surface area contributed by atoms with Gasteiger partial charge in [0.1, 0.15) is 11.6 Å². The highest BCUT2D eigenvalue weighted by molar-refractivity contribution is 7.99. The summed E-state index contributed by atoms with van der Waals surface area (Å²) in [4.78, 5) is 7.75. The molecule has 100 valence electrons. The minimum atomic E-state index is -0.617. The van der Waals surface area contributed by atoms with E-state index in [1.54, 1.807) is 13.0 Å². The Labute approximate surface area is 114 Å². The second kappa shape index (κ2) is 6.08. The molecule has 2 N–H and O–H groups in total. The van der Waals surface area contributed by atoms with Crippen LogP contribution in [0.3, 0.4) is 0 Å². The lowest BCUT2D eigenvalue weighted by Crippen LogP contribution is -2.18. The van der Waals surface area contributed by atoms with Crippen LogP contribution in [0, 0.1) is 11.6 Å². The quantitative estimate of drug-likeness (QED) is 0.876. The van der Waals surface area contributed by atoms with Gasteiger partial charge in [-0.25, -0.2) is 18.7 Å². The number of rotatable bonds is 4. The first-order valence-electron chi connectivity index (χ1n) is 5.74. The Morgan fingerprint density at radius 1 is 1.21 bits per heavy atom. The highest BCUT2D eigenvalue weighted by Gasteiger charge is 2.14. The van der Waals surface area contributed by atoms with Gasteiger partial charge in [0, 0.05) is 18.4 Å². The van der Waals surface area contributed by atoms with Gasteiger partial charge in [0.05, 0.1) is 4.90 Å². The molecule has 3 nitrogen and oxygen atoms in total. The molecule has 2 rings (SSSR count). The van der Waals surface area contributed by atoms with Crippen molar-refractivity contribution in [3.63, 3.8) is 0 Å². The van der Waals surface area contributed by atoms with Gasteiger partial charge in [0.15, 0.2) is 5.16 Å². The van der Waals surface area contributed by atoms with E-state index in [4.69, 9.17) is 5.73 Å². The van der Waals surface area contributed by atoms with Crippen molar-refractivity contribution in [2.75, 3.05) is 0 Å². The summed E-state index contributed by atoms with van der Waals surface area (Å²) in [5.74, 6) is -1.23. The second-order valence-electron chi connectivity index (χ2n) is 4.20. The SMILES string of the molecule is CC(N)Cc1cc(F)c(Sc2ncccn2)c(F)c1. The molecular weight excluding hydrogens is 268 g/mol. The van der Waals surface area contributed by atoms with Gasteiger partial charge < -0.3 is 5.73 Å². The van der Waals surface area contributed by atoms with Crippen LogP contribution in [0.1, 0.15) is 12.5 Å². The van der Waals surface area contributed by atoms with Crippen LogP contribution in [-0.2, 0) is 6.42 Å². The number of benzene rings is 1. The van der Waals surface area contributed by atoms with E-state index < -0.39 is 11.6 Å². The molecule has 0 amide bonds. The van der Waals surface area contributed by atoms with Crippen molar-refractivity contribution < 1.29 is 8.78 Å². The van der Waals surface area contributed by atoms with E-state index in [-0.39, 0.29) is 10.9 Å². The third-order valence-electron chi connectivity index (χ3n) is 2.35. The zero-order valence-corrected chi connectivity index (χ0v) is 11.1. The fourth-order valence-electron chi connectivity index (χ4n) is 1.63. The average molecular weight is 281 g/mol. The highest BCUT2D eigenvalue weighted by Crippen LogP contribution is 2.30. The first-order valence-corrected chi connectivity index (χ1v) is 6.56. The van der Waals surface area contributed by atoms with Crippen LogP contribution in [0.25, 0.3) is 0 Å². The number of halogens is 2. The van der Waals surface area contributed by atoms with Crippen LogP contribution in [0.15, 0.2) is 40.6 Å². The van der Waals surface area contributed by atoms with Crippen molar-refractivity contribution in [2.24, 2.45) is 5.73 Å². The van der Waals surface area contributed by atoms with E-state index in [1.165, 1.54) is 24.5 Å². The lowest BCUT2D eigenvalue weighted by molar-refractivity contribution is 0.535. The molecule has 19 heavy (non-hydrogen) atoms. The van der Waals surface area contributed by atoms with E-state index in [2.05, 4.69) is 9.97 Å². The third-order valence-corrected chi connectivity index (χ3v) is 3.34. The lowest BCUT2D eigenvalue weighted by Gasteiger charge is -2.09. The first kappa shape index (κ1) is 13.9. The van der Waals surface area contributed by atoms with E-state index in [0.717, 1.165) is 11.8 Å². The predicted octanol–water partition coefficient (Wildman–Crippen LogP) is 2.80. The van der Waals surface area contributed by atoms with Gasteiger partial charge in [0.2, 0.25) is 0 Å². The Bertz CT molecular complexity index is 538. The van der Waals surface area contributed by atoms with E-state index in [0.29, 0.717) is 17.1 Å². The van der Waals surface area contributed by atoms with Crippen LogP contribution < -0.4 is 5.73 Å². The smallest absolute Gasteiger partial charge is 0.192 e. The lowest BCUT2D eigenvalue weighted by atomic mass is 10.1. The van der Waals surface area contributed by atoms with Gasteiger partial charge in [-0.2, -0.15) is 0 Å². The maximum Gasteiger partial charge on any atom is 0.192 e. The topological polar surface area (TPSA) is 51.8 Å². The van der Waals surface area contributed by atoms with Crippen LogP contribution in [0.5, 0.6) is 0 Å². The monoisotopic (exact) mass is 281 g/mol. The highest BCUT2D eigenvalue weighted by atomic mass is 32.2. The third kappa shape index (κ3) is 3.71. The molecule has 0 aliphatic carbocycles. The first-order chi connectivity index (χ1) is 9.06. The van der Waals surface area contributed by atoms with Crippen molar-refractivity contribution in [2.45, 2.75) is 29.4 Å². The molecule has 0 aliphatic heterocycles. The summed E-state index contributed by atoms with van der Waals surface area (Å²) in [6.45, 7) is 1.79. The Hall–Kier alpha value is -1.53. The summed E-state index contributed by atoms with van der Waals surface area (Å²) >= 11 is 0.865. The van der Waals surface area contributed by atoms with Crippen LogP contribution in [0.2, 0.25) is 0 Å². The van der Waals surface area contributed by atoms with Crippen molar-refractivity contribution in [1.29, 1.82) is 0 Å². The molecule has 0 saturated heterocycles. The zero-order chi connectivity index (χ0) is 13.8. The summed E-state index contributed by atoms with van der Waals surface area (Å²) in [6, 6.07) is 4.10. The summed E-state index contributed by atoms with van der Waals surface area (Å²) in [5, 5.41) is 0.306. The molecule has 0 fully saturated rings. The summed E-state index contributed by atoms with van der Waals surface area (Å²) < 4.78 is 27.8. The molecule has 6 heteroatoms. The maximum absolute atomic E-state index is 13.9. The van der Waals surface area contributed by atoms with Crippen LogP contribution >= 0.6 is 11.8 Å². The normalized spacial score (nSPS) is 12.4. The number of nitrogens with two attached hydrogens (primary N) is 1. The number of aromatic nitrogens is 2. The van der Waals surface area contributed by atoms with E-state index in [9.17, 15) is 8.78 Å². The fraction of sp³-hybridized carbons (Fsp3) is 0.231. The molecule has 1 aromatic heterocycles. The number of hydrogen-bond donors (Lipinski definition) is 1. The Morgan fingerprint density at radius 2 is 1.79 bits per heavy atom. The molecule has 1 heterocycles. The van der Waals surface area contributed by atoms with E-state index in [1.807, 2.05) is 0 Å². The van der Waals surface area contributed by atoms with Crippen molar-refractivity contribution in [3.8, 4) is 0 Å². The van der Waals surface area contributed by atoms with Gasteiger partial charge in [-0.05, 0) is 48.9 Å². The average Bonchev–Trinajstić information content (AvgIpc) is 2.34. The minimum absolute atomic E-state index is 0.0976. The Morgan fingerprint density at radius 3 is 2.32 bits per heavy atom. The minimum Gasteiger partial charge on any atom is -0.328 e. The van der Waals surface area contributed by atoms with Crippen molar-refractivity contribution in [1.82, 2.24) is 9.97 Å². The number of nitrogens with zero attached hydrogens (tertiary/aromatic N) is 2. The van der Waals surface area contributed by atoms with Gasteiger partial charge in [0.25, 0.3) is 0 Å². The fourth-order valence-corrected chi connectivity index (χ4v) is 2.35. The Kier molecular flexibility index (Phi) is 4.44. The van der Waals surface area contributed by atoms with Crippen molar-refractivity contribution >= 4 is 11.8 Å². The van der Waals surface area contributed by atoms with Gasteiger partial charge in [-0.3, -0.25) is 0 Å².